The van der Waals surface area contributed by atoms with Gasteiger partial charge in [-0.1, -0.05) is 23.7 Å². The fraction of sp³-hybridized carbons (Fsp3) is 0.304. The van der Waals surface area contributed by atoms with E-state index in [-0.39, 0.29) is 17.1 Å². The van der Waals surface area contributed by atoms with Crippen LogP contribution in [-0.4, -0.2) is 42.9 Å². The highest BCUT2D eigenvalue weighted by Crippen LogP contribution is 2.38. The number of fused-ring (bicyclic) bond motifs is 2. The molecule has 1 atom stereocenters. The number of rotatable bonds is 4. The van der Waals surface area contributed by atoms with Gasteiger partial charge in [0, 0.05) is 18.1 Å². The topological polar surface area (TPSA) is 53.8 Å². The number of carbonyl (C=O) groups excluding carboxylic acids is 1. The zero-order chi connectivity index (χ0) is 20.9. The molecular weight excluding hydrogens is 388 g/mol. The summed E-state index contributed by atoms with van der Waals surface area (Å²) >= 11 is 6.22. The molecule has 0 radical (unpaired) electrons. The molecule has 0 bridgehead atoms. The number of amides is 1. The van der Waals surface area contributed by atoms with E-state index in [4.69, 9.17) is 16.0 Å². The summed E-state index contributed by atoms with van der Waals surface area (Å²) in [6, 6.07) is 10.5. The van der Waals surface area contributed by atoms with E-state index in [1.54, 1.807) is 17.0 Å². The second kappa shape index (κ2) is 7.32. The van der Waals surface area contributed by atoms with E-state index < -0.39 is 6.04 Å². The third-order valence-corrected chi connectivity index (χ3v) is 5.77. The van der Waals surface area contributed by atoms with Crippen LogP contribution in [0, 0.1) is 13.8 Å². The Labute approximate surface area is 174 Å². The molecule has 0 unspecified atom stereocenters. The van der Waals surface area contributed by atoms with Gasteiger partial charge >= 0.3 is 0 Å². The first-order chi connectivity index (χ1) is 13.8. The highest BCUT2D eigenvalue weighted by atomic mass is 35.5. The monoisotopic (exact) mass is 410 g/mol. The molecule has 1 amide bonds. The Morgan fingerprint density at radius 1 is 1.10 bits per heavy atom. The standard InChI is InChI=1S/C23H23ClN2O3/c1-13-10-17-18(11-14(13)2)29-22-19(21(17)27)20(15-6-5-7-16(24)12-15)26(23(22)28)9-8-25(3)4/h5-7,10-12,20H,8-9H2,1-4H3/t20-/m0/s1. The molecule has 5 nitrogen and oxygen atoms in total. The van der Waals surface area contributed by atoms with Crippen LogP contribution in [0.25, 0.3) is 11.0 Å². The molecule has 0 aliphatic carbocycles. The maximum atomic E-state index is 13.5. The number of halogens is 1. The number of nitrogens with zero attached hydrogens (tertiary/aromatic N) is 2. The van der Waals surface area contributed by atoms with Gasteiger partial charge in [0.2, 0.25) is 5.76 Å². The molecule has 1 aromatic heterocycles. The Morgan fingerprint density at radius 2 is 1.83 bits per heavy atom. The van der Waals surface area contributed by atoms with Crippen LogP contribution in [0.15, 0.2) is 45.6 Å². The summed E-state index contributed by atoms with van der Waals surface area (Å²) in [5, 5.41) is 1.06. The van der Waals surface area contributed by atoms with Crippen molar-refractivity contribution < 1.29 is 9.21 Å². The maximum Gasteiger partial charge on any atom is 0.290 e. The molecule has 0 saturated carbocycles. The summed E-state index contributed by atoms with van der Waals surface area (Å²) in [6.07, 6.45) is 0. The van der Waals surface area contributed by atoms with E-state index in [1.807, 2.05) is 57.1 Å². The van der Waals surface area contributed by atoms with Crippen molar-refractivity contribution >= 4 is 28.5 Å². The number of benzene rings is 2. The van der Waals surface area contributed by atoms with Crippen molar-refractivity contribution in [2.75, 3.05) is 27.2 Å². The van der Waals surface area contributed by atoms with Gasteiger partial charge in [-0.2, -0.15) is 0 Å². The Morgan fingerprint density at radius 3 is 2.52 bits per heavy atom. The van der Waals surface area contributed by atoms with Crippen molar-refractivity contribution in [1.29, 1.82) is 0 Å². The van der Waals surface area contributed by atoms with Crippen molar-refractivity contribution in [3.8, 4) is 0 Å². The summed E-state index contributed by atoms with van der Waals surface area (Å²) < 4.78 is 6.01. The fourth-order valence-corrected chi connectivity index (χ4v) is 4.04. The summed E-state index contributed by atoms with van der Waals surface area (Å²) in [7, 11) is 3.90. The quantitative estimate of drug-likeness (QED) is 0.647. The smallest absolute Gasteiger partial charge is 0.290 e. The minimum Gasteiger partial charge on any atom is -0.450 e. The van der Waals surface area contributed by atoms with Gasteiger partial charge in [0.05, 0.1) is 17.0 Å². The van der Waals surface area contributed by atoms with Crippen LogP contribution in [0.2, 0.25) is 5.02 Å². The van der Waals surface area contributed by atoms with Crippen LogP contribution in [0.3, 0.4) is 0 Å². The molecule has 0 spiro atoms. The van der Waals surface area contributed by atoms with Crippen molar-refractivity contribution in [2.45, 2.75) is 19.9 Å². The number of carbonyl (C=O) groups is 1. The van der Waals surface area contributed by atoms with Crippen LogP contribution >= 0.6 is 11.6 Å². The van der Waals surface area contributed by atoms with Crippen LogP contribution in [0.1, 0.15) is 38.9 Å². The lowest BCUT2D eigenvalue weighted by molar-refractivity contribution is 0.0716. The molecule has 3 aromatic rings. The lowest BCUT2D eigenvalue weighted by atomic mass is 9.97. The second-order valence-electron chi connectivity index (χ2n) is 7.87. The molecule has 29 heavy (non-hydrogen) atoms. The van der Waals surface area contributed by atoms with Gasteiger partial charge in [0.1, 0.15) is 5.58 Å². The van der Waals surface area contributed by atoms with Crippen LogP contribution in [0.5, 0.6) is 0 Å². The first kappa shape index (κ1) is 19.7. The van der Waals surface area contributed by atoms with E-state index in [0.29, 0.717) is 34.6 Å². The highest BCUT2D eigenvalue weighted by molar-refractivity contribution is 6.30. The minimum atomic E-state index is -0.515. The van der Waals surface area contributed by atoms with Gasteiger partial charge in [0.25, 0.3) is 5.91 Å². The molecule has 6 heteroatoms. The molecular formula is C23H23ClN2O3. The van der Waals surface area contributed by atoms with Crippen molar-refractivity contribution in [1.82, 2.24) is 9.80 Å². The SMILES string of the molecule is Cc1cc2oc3c(c(=O)c2cc1C)[C@H](c1cccc(Cl)c1)N(CCN(C)C)C3=O. The number of likely N-dealkylation sites (N-methyl/N-ethyl adjacent to an activating group) is 1. The van der Waals surface area contributed by atoms with Crippen molar-refractivity contribution in [3.05, 3.63) is 79.7 Å². The Bertz CT molecular complexity index is 1180. The molecule has 1 aliphatic heterocycles. The second-order valence-corrected chi connectivity index (χ2v) is 8.30. The third kappa shape index (κ3) is 3.34. The van der Waals surface area contributed by atoms with Gasteiger partial charge in [-0.3, -0.25) is 9.59 Å². The van der Waals surface area contributed by atoms with Crippen LogP contribution in [-0.2, 0) is 0 Å². The Balaban J connectivity index is 1.97. The van der Waals surface area contributed by atoms with Gasteiger partial charge in [-0.15, -0.1) is 0 Å². The van der Waals surface area contributed by atoms with E-state index in [0.717, 1.165) is 16.7 Å². The Hall–Kier alpha value is -2.63. The minimum absolute atomic E-state index is 0.134. The van der Waals surface area contributed by atoms with E-state index in [2.05, 4.69) is 0 Å². The van der Waals surface area contributed by atoms with Crippen LogP contribution < -0.4 is 5.43 Å². The zero-order valence-corrected chi connectivity index (χ0v) is 17.7. The largest absolute Gasteiger partial charge is 0.450 e. The average Bonchev–Trinajstić information content (AvgIpc) is 2.94. The lowest BCUT2D eigenvalue weighted by Gasteiger charge is -2.26. The average molecular weight is 411 g/mol. The van der Waals surface area contributed by atoms with Crippen molar-refractivity contribution in [3.63, 3.8) is 0 Å². The number of aryl methyl sites for hydroxylation is 2. The van der Waals surface area contributed by atoms with Gasteiger partial charge in [-0.05, 0) is 68.9 Å². The highest BCUT2D eigenvalue weighted by Gasteiger charge is 2.42. The fourth-order valence-electron chi connectivity index (χ4n) is 3.84. The van der Waals surface area contributed by atoms with Gasteiger partial charge in [0.15, 0.2) is 5.43 Å². The lowest BCUT2D eigenvalue weighted by Crippen LogP contribution is -2.35. The maximum absolute atomic E-state index is 13.5. The number of hydrogen-bond acceptors (Lipinski definition) is 4. The molecule has 0 N–H and O–H groups in total. The zero-order valence-electron chi connectivity index (χ0n) is 17.0. The van der Waals surface area contributed by atoms with E-state index >= 15 is 0 Å². The van der Waals surface area contributed by atoms with E-state index in [9.17, 15) is 9.59 Å². The third-order valence-electron chi connectivity index (χ3n) is 5.53. The predicted molar refractivity (Wildman–Crippen MR) is 115 cm³/mol. The van der Waals surface area contributed by atoms with Gasteiger partial charge in [-0.25, -0.2) is 0 Å². The normalized spacial score (nSPS) is 16.1. The molecule has 1 aliphatic rings. The Kier molecular flexibility index (Phi) is 4.97. The first-order valence-electron chi connectivity index (χ1n) is 9.57. The summed E-state index contributed by atoms with van der Waals surface area (Å²) in [6.45, 7) is 5.07. The molecule has 0 fully saturated rings. The molecule has 2 heterocycles. The number of hydrogen-bond donors (Lipinski definition) is 0. The van der Waals surface area contributed by atoms with E-state index in [1.165, 1.54) is 0 Å². The van der Waals surface area contributed by atoms with Crippen molar-refractivity contribution in [2.24, 2.45) is 0 Å². The predicted octanol–water partition coefficient (Wildman–Crippen LogP) is 4.17. The summed E-state index contributed by atoms with van der Waals surface area (Å²) in [5.74, 6) is -0.126. The summed E-state index contributed by atoms with van der Waals surface area (Å²) in [4.78, 5) is 30.5. The first-order valence-corrected chi connectivity index (χ1v) is 9.95. The summed E-state index contributed by atoms with van der Waals surface area (Å²) in [5.41, 5.74) is 3.52. The van der Waals surface area contributed by atoms with Gasteiger partial charge < -0.3 is 14.2 Å². The molecule has 0 saturated heterocycles. The molecule has 150 valence electrons. The van der Waals surface area contributed by atoms with Crippen LogP contribution in [0.4, 0.5) is 0 Å². The molecule has 4 rings (SSSR count). The molecule has 2 aromatic carbocycles.